The highest BCUT2D eigenvalue weighted by Gasteiger charge is 2.19. The molecule has 0 spiro atoms. The molecule has 0 saturated carbocycles. The molecule has 4 nitrogen and oxygen atoms in total. The fourth-order valence-corrected chi connectivity index (χ4v) is 2.84. The van der Waals surface area contributed by atoms with Crippen LogP contribution in [0.5, 0.6) is 0 Å². The number of piperazine rings is 1. The third-order valence-corrected chi connectivity index (χ3v) is 4.48. The van der Waals surface area contributed by atoms with Crippen molar-refractivity contribution in [3.63, 3.8) is 0 Å². The first-order chi connectivity index (χ1) is 9.53. The summed E-state index contributed by atoms with van der Waals surface area (Å²) in [5, 5.41) is 0. The highest BCUT2D eigenvalue weighted by molar-refractivity contribution is 4.75. The van der Waals surface area contributed by atoms with Gasteiger partial charge < -0.3 is 9.64 Å². The number of morpholine rings is 1. The summed E-state index contributed by atoms with van der Waals surface area (Å²) in [5.74, 6) is 0. The molecule has 0 N–H and O–H groups in total. The van der Waals surface area contributed by atoms with E-state index in [2.05, 4.69) is 35.5 Å². The van der Waals surface area contributed by atoms with E-state index < -0.39 is 0 Å². The molecule has 0 bridgehead atoms. The monoisotopic (exact) mass is 283 g/mol. The summed E-state index contributed by atoms with van der Waals surface area (Å²) >= 11 is 0. The van der Waals surface area contributed by atoms with Gasteiger partial charge in [-0.15, -0.1) is 0 Å². The standard InChI is InChI=1S/C16H33N3O/c1-16(2,3)4-5-17-6-8-18(9-7-17)10-11-19-12-14-20-15-13-19/h4-15H2,1-3H3. The van der Waals surface area contributed by atoms with Gasteiger partial charge in [0.15, 0.2) is 0 Å². The van der Waals surface area contributed by atoms with E-state index in [1.54, 1.807) is 0 Å². The lowest BCUT2D eigenvalue weighted by molar-refractivity contribution is 0.0296. The van der Waals surface area contributed by atoms with Crippen LogP contribution in [-0.4, -0.2) is 86.8 Å². The molecular formula is C16H33N3O. The molecule has 2 saturated heterocycles. The number of rotatable bonds is 5. The van der Waals surface area contributed by atoms with Crippen molar-refractivity contribution in [3.8, 4) is 0 Å². The van der Waals surface area contributed by atoms with Gasteiger partial charge >= 0.3 is 0 Å². The van der Waals surface area contributed by atoms with Crippen molar-refractivity contribution in [2.75, 3.05) is 72.1 Å². The predicted molar refractivity (Wildman–Crippen MR) is 84.2 cm³/mol. The fraction of sp³-hybridized carbons (Fsp3) is 1.00. The second-order valence-electron chi connectivity index (χ2n) is 7.45. The third kappa shape index (κ3) is 6.08. The van der Waals surface area contributed by atoms with Crippen LogP contribution in [0.3, 0.4) is 0 Å². The molecule has 0 aliphatic carbocycles. The van der Waals surface area contributed by atoms with Crippen LogP contribution in [0.25, 0.3) is 0 Å². The van der Waals surface area contributed by atoms with Crippen LogP contribution in [0, 0.1) is 5.41 Å². The lowest BCUT2D eigenvalue weighted by atomic mass is 9.92. The van der Waals surface area contributed by atoms with Crippen LogP contribution in [0.4, 0.5) is 0 Å². The number of ether oxygens (including phenoxy) is 1. The van der Waals surface area contributed by atoms with Crippen LogP contribution >= 0.6 is 0 Å². The van der Waals surface area contributed by atoms with Gasteiger partial charge in [-0.25, -0.2) is 0 Å². The summed E-state index contributed by atoms with van der Waals surface area (Å²) in [4.78, 5) is 7.80. The van der Waals surface area contributed by atoms with Crippen molar-refractivity contribution in [2.24, 2.45) is 5.41 Å². The van der Waals surface area contributed by atoms with Gasteiger partial charge in [-0.3, -0.25) is 9.80 Å². The average molecular weight is 283 g/mol. The van der Waals surface area contributed by atoms with Gasteiger partial charge in [0, 0.05) is 52.4 Å². The molecule has 0 radical (unpaired) electrons. The van der Waals surface area contributed by atoms with Gasteiger partial charge in [0.25, 0.3) is 0 Å². The maximum absolute atomic E-state index is 5.40. The Morgan fingerprint density at radius 3 is 1.65 bits per heavy atom. The van der Waals surface area contributed by atoms with Crippen LogP contribution in [0.2, 0.25) is 0 Å². The van der Waals surface area contributed by atoms with Gasteiger partial charge in [-0.1, -0.05) is 20.8 Å². The van der Waals surface area contributed by atoms with Crippen molar-refractivity contribution in [2.45, 2.75) is 27.2 Å². The first-order valence-electron chi connectivity index (χ1n) is 8.28. The Balaban J connectivity index is 1.57. The minimum atomic E-state index is 0.466. The topological polar surface area (TPSA) is 19.0 Å². The first-order valence-corrected chi connectivity index (χ1v) is 8.28. The summed E-state index contributed by atoms with van der Waals surface area (Å²) < 4.78 is 5.40. The zero-order valence-corrected chi connectivity index (χ0v) is 13.7. The Bertz CT molecular complexity index is 263. The second kappa shape index (κ2) is 7.74. The van der Waals surface area contributed by atoms with Gasteiger partial charge in [0.2, 0.25) is 0 Å². The quantitative estimate of drug-likeness (QED) is 0.758. The molecule has 2 aliphatic heterocycles. The maximum Gasteiger partial charge on any atom is 0.0594 e. The van der Waals surface area contributed by atoms with E-state index in [9.17, 15) is 0 Å². The van der Waals surface area contributed by atoms with E-state index in [4.69, 9.17) is 4.74 Å². The van der Waals surface area contributed by atoms with E-state index in [0.717, 1.165) is 26.3 Å². The van der Waals surface area contributed by atoms with Crippen molar-refractivity contribution in [1.29, 1.82) is 0 Å². The Kier molecular flexibility index (Phi) is 6.27. The predicted octanol–water partition coefficient (Wildman–Crippen LogP) is 1.37. The van der Waals surface area contributed by atoms with E-state index in [0.29, 0.717) is 5.41 Å². The first kappa shape index (κ1) is 16.2. The van der Waals surface area contributed by atoms with Gasteiger partial charge in [-0.05, 0) is 18.4 Å². The van der Waals surface area contributed by atoms with Crippen LogP contribution < -0.4 is 0 Å². The minimum Gasteiger partial charge on any atom is -0.379 e. The smallest absolute Gasteiger partial charge is 0.0594 e. The zero-order valence-electron chi connectivity index (χ0n) is 13.7. The summed E-state index contributed by atoms with van der Waals surface area (Å²) in [6, 6.07) is 0. The molecule has 118 valence electrons. The molecule has 2 aliphatic rings. The zero-order chi connectivity index (χ0) is 14.4. The molecule has 0 unspecified atom stereocenters. The maximum atomic E-state index is 5.40. The third-order valence-electron chi connectivity index (χ3n) is 4.48. The molecule has 20 heavy (non-hydrogen) atoms. The SMILES string of the molecule is CC(C)(C)CCN1CCN(CCN2CCOCC2)CC1. The molecule has 4 heteroatoms. The molecule has 0 aromatic carbocycles. The van der Waals surface area contributed by atoms with E-state index in [1.165, 1.54) is 52.2 Å². The summed E-state index contributed by atoms with van der Waals surface area (Å²) in [6.07, 6.45) is 1.31. The van der Waals surface area contributed by atoms with Gasteiger partial charge in [0.05, 0.1) is 13.2 Å². The van der Waals surface area contributed by atoms with Crippen molar-refractivity contribution in [3.05, 3.63) is 0 Å². The lowest BCUT2D eigenvalue weighted by Crippen LogP contribution is -2.49. The molecule has 2 heterocycles. The highest BCUT2D eigenvalue weighted by Crippen LogP contribution is 2.19. The normalized spacial score (nSPS) is 24.1. The van der Waals surface area contributed by atoms with Crippen LogP contribution in [0.15, 0.2) is 0 Å². The van der Waals surface area contributed by atoms with E-state index >= 15 is 0 Å². The van der Waals surface area contributed by atoms with Crippen LogP contribution in [-0.2, 0) is 4.74 Å². The summed E-state index contributed by atoms with van der Waals surface area (Å²) in [7, 11) is 0. The number of hydrogen-bond donors (Lipinski definition) is 0. The number of nitrogens with zero attached hydrogens (tertiary/aromatic N) is 3. The molecule has 0 aromatic heterocycles. The Morgan fingerprint density at radius 1 is 0.700 bits per heavy atom. The van der Waals surface area contributed by atoms with Gasteiger partial charge in [0.1, 0.15) is 0 Å². The average Bonchev–Trinajstić information content (AvgIpc) is 2.44. The summed E-state index contributed by atoms with van der Waals surface area (Å²) in [5.41, 5.74) is 0.466. The van der Waals surface area contributed by atoms with Gasteiger partial charge in [-0.2, -0.15) is 0 Å². The molecule has 0 amide bonds. The molecule has 0 aromatic rings. The Hall–Kier alpha value is -0.160. The lowest BCUT2D eigenvalue weighted by Gasteiger charge is -2.37. The van der Waals surface area contributed by atoms with E-state index in [-0.39, 0.29) is 0 Å². The van der Waals surface area contributed by atoms with Crippen molar-refractivity contribution >= 4 is 0 Å². The Morgan fingerprint density at radius 2 is 1.15 bits per heavy atom. The Labute approximate surface area is 125 Å². The summed E-state index contributed by atoms with van der Waals surface area (Å²) in [6.45, 7) is 19.8. The molecule has 0 atom stereocenters. The second-order valence-corrected chi connectivity index (χ2v) is 7.45. The minimum absolute atomic E-state index is 0.466. The number of hydrogen-bond acceptors (Lipinski definition) is 4. The van der Waals surface area contributed by atoms with E-state index in [1.807, 2.05) is 0 Å². The van der Waals surface area contributed by atoms with Crippen molar-refractivity contribution < 1.29 is 4.74 Å². The van der Waals surface area contributed by atoms with Crippen molar-refractivity contribution in [1.82, 2.24) is 14.7 Å². The molecular weight excluding hydrogens is 250 g/mol. The molecule has 2 rings (SSSR count). The molecule has 2 fully saturated rings. The largest absolute Gasteiger partial charge is 0.379 e. The highest BCUT2D eigenvalue weighted by atomic mass is 16.5. The fourth-order valence-electron chi connectivity index (χ4n) is 2.84. The van der Waals surface area contributed by atoms with Crippen LogP contribution in [0.1, 0.15) is 27.2 Å².